The van der Waals surface area contributed by atoms with Crippen molar-refractivity contribution < 1.29 is 4.79 Å². The number of pyridine rings is 1. The third-order valence-electron chi connectivity index (χ3n) is 4.74. The average molecular weight is 381 g/mol. The highest BCUT2D eigenvalue weighted by Gasteiger charge is 2.08. The number of anilines is 1. The molecule has 0 atom stereocenters. The van der Waals surface area contributed by atoms with Crippen LogP contribution in [0.25, 0.3) is 5.65 Å². The molecule has 3 aromatic rings. The second-order valence-corrected chi connectivity index (χ2v) is 6.87. The molecule has 0 fully saturated rings. The first-order valence-corrected chi connectivity index (χ1v) is 9.73. The van der Waals surface area contributed by atoms with E-state index in [0.717, 1.165) is 25.1 Å². The fraction of sp³-hybridized carbons (Fsp3) is 0.381. The summed E-state index contributed by atoms with van der Waals surface area (Å²) < 4.78 is 2.94. The van der Waals surface area contributed by atoms with E-state index >= 15 is 0 Å². The number of rotatable bonds is 9. The number of amides is 1. The van der Waals surface area contributed by atoms with Gasteiger partial charge in [0.1, 0.15) is 0 Å². The Morgan fingerprint density at radius 1 is 1.14 bits per heavy atom. The molecular formula is C21H27N5O2. The summed E-state index contributed by atoms with van der Waals surface area (Å²) in [6.45, 7) is 4.12. The first kappa shape index (κ1) is 19.7. The lowest BCUT2D eigenvalue weighted by molar-refractivity contribution is 0.0952. The molecule has 7 nitrogen and oxygen atoms in total. The molecule has 28 heavy (non-hydrogen) atoms. The van der Waals surface area contributed by atoms with Gasteiger partial charge in [-0.25, -0.2) is 9.48 Å². The van der Waals surface area contributed by atoms with Crippen molar-refractivity contribution in [3.8, 4) is 0 Å². The number of aromatic nitrogens is 3. The molecule has 148 valence electrons. The van der Waals surface area contributed by atoms with Crippen LogP contribution in [0.3, 0.4) is 0 Å². The Balaban J connectivity index is 1.48. The van der Waals surface area contributed by atoms with Crippen LogP contribution in [0.4, 0.5) is 5.69 Å². The first-order valence-electron chi connectivity index (χ1n) is 9.73. The number of fused-ring (bicyclic) bond motifs is 1. The molecule has 0 unspecified atom stereocenters. The predicted molar refractivity (Wildman–Crippen MR) is 111 cm³/mol. The molecule has 7 heteroatoms. The lowest BCUT2D eigenvalue weighted by atomic mass is 10.1. The van der Waals surface area contributed by atoms with Crippen molar-refractivity contribution in [2.75, 3.05) is 25.0 Å². The highest BCUT2D eigenvalue weighted by atomic mass is 16.2. The van der Waals surface area contributed by atoms with Gasteiger partial charge in [0.2, 0.25) is 0 Å². The fourth-order valence-electron chi connectivity index (χ4n) is 3.04. The largest absolute Gasteiger partial charge is 0.375 e. The van der Waals surface area contributed by atoms with Crippen LogP contribution in [0.15, 0.2) is 53.5 Å². The maximum atomic E-state index is 12.3. The third-order valence-corrected chi connectivity index (χ3v) is 4.74. The van der Waals surface area contributed by atoms with E-state index in [4.69, 9.17) is 0 Å². The number of hydrogen-bond acceptors (Lipinski definition) is 4. The zero-order valence-electron chi connectivity index (χ0n) is 16.5. The molecule has 0 saturated carbocycles. The van der Waals surface area contributed by atoms with E-state index in [1.807, 2.05) is 30.3 Å². The van der Waals surface area contributed by atoms with Crippen molar-refractivity contribution in [2.45, 2.75) is 32.7 Å². The summed E-state index contributed by atoms with van der Waals surface area (Å²) in [4.78, 5) is 26.7. The molecule has 0 aliphatic heterocycles. The monoisotopic (exact) mass is 381 g/mol. The first-order chi connectivity index (χ1) is 13.6. The molecule has 0 spiro atoms. The summed E-state index contributed by atoms with van der Waals surface area (Å²) >= 11 is 0. The van der Waals surface area contributed by atoms with Gasteiger partial charge in [-0.1, -0.05) is 19.4 Å². The van der Waals surface area contributed by atoms with Crippen LogP contribution in [-0.4, -0.2) is 40.2 Å². The summed E-state index contributed by atoms with van der Waals surface area (Å²) in [5.41, 5.74) is 2.21. The van der Waals surface area contributed by atoms with Crippen LogP contribution in [0.2, 0.25) is 0 Å². The van der Waals surface area contributed by atoms with Crippen LogP contribution in [-0.2, 0) is 6.54 Å². The van der Waals surface area contributed by atoms with E-state index < -0.39 is 0 Å². The van der Waals surface area contributed by atoms with Gasteiger partial charge < -0.3 is 10.2 Å². The normalized spacial score (nSPS) is 10.9. The molecule has 1 N–H and O–H groups in total. The molecule has 0 aliphatic rings. The highest BCUT2D eigenvalue weighted by Crippen LogP contribution is 2.14. The van der Waals surface area contributed by atoms with E-state index in [2.05, 4.69) is 29.3 Å². The highest BCUT2D eigenvalue weighted by molar-refractivity contribution is 5.94. The number of nitrogens with zero attached hydrogens (tertiary/aromatic N) is 4. The summed E-state index contributed by atoms with van der Waals surface area (Å²) in [7, 11) is 2.06. The zero-order valence-corrected chi connectivity index (χ0v) is 16.5. The molecule has 1 amide bonds. The van der Waals surface area contributed by atoms with Crippen molar-refractivity contribution in [3.63, 3.8) is 0 Å². The van der Waals surface area contributed by atoms with Gasteiger partial charge in [0.25, 0.3) is 5.91 Å². The second-order valence-electron chi connectivity index (χ2n) is 6.87. The van der Waals surface area contributed by atoms with Crippen molar-refractivity contribution in [1.82, 2.24) is 19.5 Å². The van der Waals surface area contributed by atoms with Crippen LogP contribution >= 0.6 is 0 Å². The van der Waals surface area contributed by atoms with Crippen molar-refractivity contribution in [2.24, 2.45) is 0 Å². The van der Waals surface area contributed by atoms with Gasteiger partial charge >= 0.3 is 5.69 Å². The van der Waals surface area contributed by atoms with Gasteiger partial charge in [-0.3, -0.25) is 9.20 Å². The second kappa shape index (κ2) is 9.21. The fourth-order valence-corrected chi connectivity index (χ4v) is 3.04. The standard InChI is InChI=1S/C21H27N5O2/c1-3-4-14-24(2)18-11-9-17(10-12-18)20(27)22-13-7-16-26-21(28)25-15-6-5-8-19(25)23-26/h5-6,8-12,15H,3-4,7,13-14,16H2,1-2H3,(H,22,27). The van der Waals surface area contributed by atoms with Gasteiger partial charge in [0, 0.05) is 44.1 Å². The Morgan fingerprint density at radius 2 is 1.93 bits per heavy atom. The topological polar surface area (TPSA) is 71.6 Å². The summed E-state index contributed by atoms with van der Waals surface area (Å²) in [5.74, 6) is -0.106. The molecule has 3 rings (SSSR count). The minimum atomic E-state index is -0.162. The van der Waals surface area contributed by atoms with E-state index in [9.17, 15) is 9.59 Å². The Labute approximate surface area is 164 Å². The molecule has 0 aliphatic carbocycles. The average Bonchev–Trinajstić information content (AvgIpc) is 3.05. The Bertz CT molecular complexity index is 974. The number of aryl methyl sites for hydroxylation is 1. The van der Waals surface area contributed by atoms with Crippen molar-refractivity contribution in [1.29, 1.82) is 0 Å². The predicted octanol–water partition coefficient (Wildman–Crippen LogP) is 2.55. The molecule has 2 aromatic heterocycles. The van der Waals surface area contributed by atoms with Crippen LogP contribution < -0.4 is 15.9 Å². The Morgan fingerprint density at radius 3 is 2.64 bits per heavy atom. The lowest BCUT2D eigenvalue weighted by Crippen LogP contribution is -2.27. The van der Waals surface area contributed by atoms with E-state index in [1.165, 1.54) is 9.08 Å². The minimum Gasteiger partial charge on any atom is -0.375 e. The number of carbonyl (C=O) groups excluding carboxylic acids is 1. The molecule has 2 heterocycles. The quantitative estimate of drug-likeness (QED) is 0.578. The minimum absolute atomic E-state index is 0.106. The molecule has 0 saturated heterocycles. The molecule has 1 aromatic carbocycles. The van der Waals surface area contributed by atoms with Gasteiger partial charge in [-0.05, 0) is 49.2 Å². The van der Waals surface area contributed by atoms with Gasteiger partial charge in [-0.2, -0.15) is 0 Å². The van der Waals surface area contributed by atoms with Crippen molar-refractivity contribution in [3.05, 3.63) is 64.7 Å². The van der Waals surface area contributed by atoms with Gasteiger partial charge in [-0.15, -0.1) is 5.10 Å². The number of unbranched alkanes of at least 4 members (excludes halogenated alkanes) is 1. The molecular weight excluding hydrogens is 354 g/mol. The van der Waals surface area contributed by atoms with Crippen LogP contribution in [0, 0.1) is 0 Å². The van der Waals surface area contributed by atoms with Crippen LogP contribution in [0.1, 0.15) is 36.5 Å². The molecule has 0 bridgehead atoms. The van der Waals surface area contributed by atoms with E-state index in [-0.39, 0.29) is 11.6 Å². The van der Waals surface area contributed by atoms with E-state index in [1.54, 1.807) is 18.3 Å². The van der Waals surface area contributed by atoms with E-state index in [0.29, 0.717) is 30.7 Å². The zero-order chi connectivity index (χ0) is 19.9. The third kappa shape index (κ3) is 4.60. The summed E-state index contributed by atoms with van der Waals surface area (Å²) in [5, 5.41) is 7.19. The maximum Gasteiger partial charge on any atom is 0.350 e. The number of hydrogen-bond donors (Lipinski definition) is 1. The van der Waals surface area contributed by atoms with Gasteiger partial charge in [0.15, 0.2) is 5.65 Å². The SMILES string of the molecule is CCCCN(C)c1ccc(C(=O)NCCCn2nc3ccccn3c2=O)cc1. The van der Waals surface area contributed by atoms with Crippen LogP contribution in [0.5, 0.6) is 0 Å². The number of nitrogens with one attached hydrogen (secondary N) is 1. The number of benzene rings is 1. The summed E-state index contributed by atoms with van der Waals surface area (Å²) in [6.07, 6.45) is 4.64. The smallest absolute Gasteiger partial charge is 0.350 e. The molecule has 0 radical (unpaired) electrons. The Kier molecular flexibility index (Phi) is 6.47. The lowest BCUT2D eigenvalue weighted by Gasteiger charge is -2.19. The maximum absolute atomic E-state index is 12.3. The Hall–Kier alpha value is -3.09. The summed E-state index contributed by atoms with van der Waals surface area (Å²) in [6, 6.07) is 13.1. The number of carbonyl (C=O) groups is 1. The van der Waals surface area contributed by atoms with Crippen molar-refractivity contribution >= 4 is 17.2 Å². The van der Waals surface area contributed by atoms with Gasteiger partial charge in [0.05, 0.1) is 0 Å².